The fraction of sp³-hybridized carbons (Fsp3) is 0.0800. The third-order valence-electron chi connectivity index (χ3n) is 5.13. The highest BCUT2D eigenvalue weighted by atomic mass is 35.5. The van der Waals surface area contributed by atoms with Crippen LogP contribution in [0.5, 0.6) is 0 Å². The summed E-state index contributed by atoms with van der Waals surface area (Å²) in [5.41, 5.74) is 3.81. The lowest BCUT2D eigenvalue weighted by atomic mass is 10.0. The van der Waals surface area contributed by atoms with Crippen LogP contribution in [0.2, 0.25) is 10.0 Å². The fourth-order valence-corrected chi connectivity index (χ4v) is 5.24. The second kappa shape index (κ2) is 10.1. The molecule has 33 heavy (non-hydrogen) atoms. The number of carboxylic acids is 1. The van der Waals surface area contributed by atoms with Crippen LogP contribution in [0.15, 0.2) is 71.6 Å². The van der Waals surface area contributed by atoms with Crippen LogP contribution in [0.25, 0.3) is 17.2 Å². The number of thioether (sulfide) groups is 1. The minimum absolute atomic E-state index is 0.137. The summed E-state index contributed by atoms with van der Waals surface area (Å²) in [4.78, 5) is 26.1. The molecule has 0 atom stereocenters. The van der Waals surface area contributed by atoms with Gasteiger partial charge in [0.25, 0.3) is 5.91 Å². The Hall–Kier alpha value is -2.64. The third kappa shape index (κ3) is 5.47. The Balaban J connectivity index is 1.49. The first-order valence-corrected chi connectivity index (χ1v) is 11.9. The smallest absolute Gasteiger partial charge is 0.335 e. The van der Waals surface area contributed by atoms with Crippen LogP contribution in [0.3, 0.4) is 0 Å². The van der Waals surface area contributed by atoms with Crippen molar-refractivity contribution in [1.29, 1.82) is 0 Å². The molecule has 4 nitrogen and oxygen atoms in total. The molecule has 4 rings (SSSR count). The Labute approximate surface area is 210 Å². The van der Waals surface area contributed by atoms with Gasteiger partial charge in [0.2, 0.25) is 0 Å². The summed E-state index contributed by atoms with van der Waals surface area (Å²) < 4.78 is 0.505. The molecule has 3 aromatic rings. The summed E-state index contributed by atoms with van der Waals surface area (Å²) >= 11 is 19.1. The molecular formula is C25H17Cl2NO3S2. The Bertz CT molecular complexity index is 1290. The number of halogens is 2. The molecule has 0 bridgehead atoms. The summed E-state index contributed by atoms with van der Waals surface area (Å²) in [6, 6.07) is 19.7. The highest BCUT2D eigenvalue weighted by Gasteiger charge is 2.31. The number of hydrogen-bond acceptors (Lipinski definition) is 4. The van der Waals surface area contributed by atoms with Crippen molar-refractivity contribution in [3.63, 3.8) is 0 Å². The standard InChI is InChI=1S/C25H17Cl2NO3S2/c26-19-8-9-20(21(27)14-19)18-3-1-2-16(12-18)13-22-23(29)28(25(32)33-22)11-10-15-4-6-17(7-5-15)24(30)31/h1-9,12-14H,10-11H2,(H,30,31). The first-order valence-electron chi connectivity index (χ1n) is 9.95. The number of carbonyl (C=O) groups is 2. The van der Waals surface area contributed by atoms with Gasteiger partial charge < -0.3 is 5.11 Å². The molecule has 0 aromatic heterocycles. The molecule has 0 aliphatic carbocycles. The molecule has 1 fully saturated rings. The van der Waals surface area contributed by atoms with E-state index in [0.29, 0.717) is 32.2 Å². The molecule has 0 unspecified atom stereocenters. The van der Waals surface area contributed by atoms with Crippen molar-refractivity contribution in [2.75, 3.05) is 6.54 Å². The van der Waals surface area contributed by atoms with Crippen molar-refractivity contribution in [1.82, 2.24) is 4.90 Å². The van der Waals surface area contributed by atoms with E-state index in [1.165, 1.54) is 11.8 Å². The molecule has 1 saturated heterocycles. The van der Waals surface area contributed by atoms with Crippen molar-refractivity contribution in [3.05, 3.63) is 98.4 Å². The van der Waals surface area contributed by atoms with Gasteiger partial charge in [-0.15, -0.1) is 0 Å². The highest BCUT2D eigenvalue weighted by Crippen LogP contribution is 2.34. The number of aromatic carboxylic acids is 1. The first kappa shape index (κ1) is 23.5. The number of rotatable bonds is 6. The van der Waals surface area contributed by atoms with Crippen LogP contribution < -0.4 is 0 Å². The zero-order valence-corrected chi connectivity index (χ0v) is 20.3. The number of amides is 1. The van der Waals surface area contributed by atoms with E-state index in [2.05, 4.69) is 0 Å². The zero-order valence-electron chi connectivity index (χ0n) is 17.1. The van der Waals surface area contributed by atoms with Crippen molar-refractivity contribution < 1.29 is 14.7 Å². The molecule has 1 aliphatic rings. The van der Waals surface area contributed by atoms with Gasteiger partial charge in [0.1, 0.15) is 4.32 Å². The minimum atomic E-state index is -0.967. The maximum absolute atomic E-state index is 13.0. The highest BCUT2D eigenvalue weighted by molar-refractivity contribution is 8.26. The molecule has 1 N–H and O–H groups in total. The maximum Gasteiger partial charge on any atom is 0.335 e. The monoisotopic (exact) mass is 513 g/mol. The lowest BCUT2D eigenvalue weighted by molar-refractivity contribution is -0.122. The van der Waals surface area contributed by atoms with Crippen LogP contribution in [0.4, 0.5) is 0 Å². The molecule has 8 heteroatoms. The summed E-state index contributed by atoms with van der Waals surface area (Å²) in [5.74, 6) is -1.10. The van der Waals surface area contributed by atoms with Gasteiger partial charge in [-0.1, -0.05) is 83.6 Å². The Kier molecular flexibility index (Phi) is 7.20. The normalized spacial score (nSPS) is 14.8. The molecular weight excluding hydrogens is 497 g/mol. The number of thiocarbonyl (C=S) groups is 1. The molecule has 3 aromatic carbocycles. The fourth-order valence-electron chi connectivity index (χ4n) is 3.42. The predicted octanol–water partition coefficient (Wildman–Crippen LogP) is 6.80. The maximum atomic E-state index is 13.0. The van der Waals surface area contributed by atoms with Crippen LogP contribution in [0, 0.1) is 0 Å². The quantitative estimate of drug-likeness (QED) is 0.290. The molecule has 166 valence electrons. The molecule has 0 spiro atoms. The Morgan fingerprint density at radius 3 is 2.52 bits per heavy atom. The number of benzene rings is 3. The summed E-state index contributed by atoms with van der Waals surface area (Å²) in [7, 11) is 0. The summed E-state index contributed by atoms with van der Waals surface area (Å²) in [5, 5.41) is 10.1. The third-order valence-corrected chi connectivity index (χ3v) is 7.05. The summed E-state index contributed by atoms with van der Waals surface area (Å²) in [6.07, 6.45) is 2.40. The SMILES string of the molecule is O=C(O)c1ccc(CCN2C(=O)C(=Cc3cccc(-c4ccc(Cl)cc4Cl)c3)SC2=S)cc1. The second-order valence-corrected chi connectivity index (χ2v) is 9.85. The van der Waals surface area contributed by atoms with Gasteiger partial charge in [-0.2, -0.15) is 0 Å². The van der Waals surface area contributed by atoms with Gasteiger partial charge in [0, 0.05) is 22.2 Å². The van der Waals surface area contributed by atoms with E-state index in [-0.39, 0.29) is 11.5 Å². The molecule has 0 radical (unpaired) electrons. The van der Waals surface area contributed by atoms with Gasteiger partial charge in [0.15, 0.2) is 0 Å². The second-order valence-electron chi connectivity index (χ2n) is 7.34. The largest absolute Gasteiger partial charge is 0.478 e. The zero-order chi connectivity index (χ0) is 23.5. The average molecular weight is 514 g/mol. The van der Waals surface area contributed by atoms with Crippen LogP contribution in [-0.4, -0.2) is 32.7 Å². The lowest BCUT2D eigenvalue weighted by Crippen LogP contribution is -2.30. The van der Waals surface area contributed by atoms with Gasteiger partial charge in [-0.25, -0.2) is 4.79 Å². The number of carboxylic acid groups (broad SMARTS) is 1. The van der Waals surface area contributed by atoms with Gasteiger partial charge >= 0.3 is 5.97 Å². The van der Waals surface area contributed by atoms with E-state index >= 15 is 0 Å². The predicted molar refractivity (Wildman–Crippen MR) is 139 cm³/mol. The number of hydrogen-bond donors (Lipinski definition) is 1. The van der Waals surface area contributed by atoms with E-state index in [1.807, 2.05) is 36.4 Å². The van der Waals surface area contributed by atoms with E-state index in [0.717, 1.165) is 22.3 Å². The van der Waals surface area contributed by atoms with Crippen molar-refractivity contribution in [2.45, 2.75) is 6.42 Å². The van der Waals surface area contributed by atoms with Crippen LogP contribution in [0.1, 0.15) is 21.5 Å². The molecule has 1 aliphatic heterocycles. The lowest BCUT2D eigenvalue weighted by Gasteiger charge is -2.14. The van der Waals surface area contributed by atoms with Gasteiger partial charge in [0.05, 0.1) is 10.5 Å². The van der Waals surface area contributed by atoms with Crippen molar-refractivity contribution in [3.8, 4) is 11.1 Å². The van der Waals surface area contributed by atoms with Crippen LogP contribution >= 0.6 is 47.2 Å². The summed E-state index contributed by atoms with van der Waals surface area (Å²) in [6.45, 7) is 0.425. The van der Waals surface area contributed by atoms with E-state index in [1.54, 1.807) is 41.3 Å². The average Bonchev–Trinajstić information content (AvgIpc) is 3.05. The minimum Gasteiger partial charge on any atom is -0.478 e. The first-order chi connectivity index (χ1) is 15.8. The molecule has 1 amide bonds. The van der Waals surface area contributed by atoms with E-state index in [4.69, 9.17) is 40.5 Å². The van der Waals surface area contributed by atoms with E-state index < -0.39 is 5.97 Å². The van der Waals surface area contributed by atoms with Crippen molar-refractivity contribution in [2.24, 2.45) is 0 Å². The van der Waals surface area contributed by atoms with E-state index in [9.17, 15) is 9.59 Å². The topological polar surface area (TPSA) is 57.6 Å². The Morgan fingerprint density at radius 2 is 1.82 bits per heavy atom. The van der Waals surface area contributed by atoms with Gasteiger partial charge in [-0.05, 0) is 59.5 Å². The van der Waals surface area contributed by atoms with Crippen LogP contribution in [-0.2, 0) is 11.2 Å². The number of carbonyl (C=O) groups excluding carboxylic acids is 1. The number of nitrogens with zero attached hydrogens (tertiary/aromatic N) is 1. The molecule has 1 heterocycles. The van der Waals surface area contributed by atoms with Gasteiger partial charge in [-0.3, -0.25) is 9.69 Å². The molecule has 0 saturated carbocycles. The van der Waals surface area contributed by atoms with Crippen molar-refractivity contribution >= 4 is 69.5 Å². The Morgan fingerprint density at radius 1 is 1.06 bits per heavy atom.